The zero-order chi connectivity index (χ0) is 16.0. The highest BCUT2D eigenvalue weighted by Gasteiger charge is 2.31. The third-order valence-corrected chi connectivity index (χ3v) is 3.14. The molecule has 0 aliphatic carbocycles. The summed E-state index contributed by atoms with van der Waals surface area (Å²) in [5.74, 6) is -0.498. The van der Waals surface area contributed by atoms with Crippen molar-refractivity contribution in [1.29, 1.82) is 0 Å². The molecule has 0 fully saturated rings. The Morgan fingerprint density at radius 2 is 1.95 bits per heavy atom. The summed E-state index contributed by atoms with van der Waals surface area (Å²) in [5, 5.41) is 0. The Hall–Kier alpha value is -1.72. The van der Waals surface area contributed by atoms with Crippen molar-refractivity contribution in [1.82, 2.24) is 0 Å². The second-order valence-corrected chi connectivity index (χ2v) is 4.65. The van der Waals surface area contributed by atoms with Crippen LogP contribution in [-0.2, 0) is 15.7 Å². The largest absolute Gasteiger partial charge is 0.482 e. The molecule has 1 atom stereocenters. The Morgan fingerprint density at radius 3 is 2.48 bits per heavy atom. The Balaban J connectivity index is 3.02. The molecule has 0 bridgehead atoms. The number of carbonyl (C=O) groups excluding carboxylic acids is 1. The molecule has 1 aromatic rings. The number of ether oxygens (including phenoxy) is 2. The van der Waals surface area contributed by atoms with Gasteiger partial charge in [-0.25, -0.2) is 4.79 Å². The smallest absolute Gasteiger partial charge is 0.416 e. The molecule has 0 radical (unpaired) electrons. The molecule has 118 valence electrons. The molecule has 0 saturated heterocycles. The summed E-state index contributed by atoms with van der Waals surface area (Å²) in [7, 11) is 0. The van der Waals surface area contributed by atoms with E-state index in [4.69, 9.17) is 9.47 Å². The highest BCUT2D eigenvalue weighted by Crippen LogP contribution is 2.36. The average Bonchev–Trinajstić information content (AvgIpc) is 2.43. The molecular weight excluding hydrogens is 285 g/mol. The number of halogens is 3. The Bertz CT molecular complexity index is 484. The maximum absolute atomic E-state index is 12.8. The van der Waals surface area contributed by atoms with Crippen LogP contribution in [-0.4, -0.2) is 19.2 Å². The first-order valence-electron chi connectivity index (χ1n) is 6.79. The highest BCUT2D eigenvalue weighted by molar-refractivity contribution is 5.71. The Labute approximate surface area is 122 Å². The van der Waals surface area contributed by atoms with Gasteiger partial charge in [0.1, 0.15) is 5.75 Å². The first-order chi connectivity index (χ1) is 9.79. The van der Waals surface area contributed by atoms with Gasteiger partial charge in [0, 0.05) is 0 Å². The van der Waals surface area contributed by atoms with Crippen molar-refractivity contribution in [3.63, 3.8) is 0 Å². The van der Waals surface area contributed by atoms with Crippen LogP contribution in [0.4, 0.5) is 13.2 Å². The molecule has 0 amide bonds. The molecule has 1 unspecified atom stereocenters. The Morgan fingerprint density at radius 1 is 1.29 bits per heavy atom. The van der Waals surface area contributed by atoms with Crippen LogP contribution < -0.4 is 4.74 Å². The fourth-order valence-electron chi connectivity index (χ4n) is 1.80. The summed E-state index contributed by atoms with van der Waals surface area (Å²) in [6.45, 7) is 5.26. The second-order valence-electron chi connectivity index (χ2n) is 4.65. The minimum absolute atomic E-state index is 0.0319. The first kappa shape index (κ1) is 17.3. The predicted octanol–water partition coefficient (Wildman–Crippen LogP) is 4.16. The molecule has 6 heteroatoms. The van der Waals surface area contributed by atoms with Gasteiger partial charge in [-0.1, -0.05) is 19.9 Å². The van der Waals surface area contributed by atoms with E-state index in [1.807, 2.05) is 13.8 Å². The molecule has 0 heterocycles. The van der Waals surface area contributed by atoms with Crippen molar-refractivity contribution in [2.75, 3.05) is 13.2 Å². The van der Waals surface area contributed by atoms with E-state index in [9.17, 15) is 18.0 Å². The van der Waals surface area contributed by atoms with Gasteiger partial charge in [0.25, 0.3) is 0 Å². The van der Waals surface area contributed by atoms with Gasteiger partial charge >= 0.3 is 12.1 Å². The monoisotopic (exact) mass is 304 g/mol. The number of hydrogen-bond acceptors (Lipinski definition) is 3. The summed E-state index contributed by atoms with van der Waals surface area (Å²) >= 11 is 0. The fourth-order valence-corrected chi connectivity index (χ4v) is 1.80. The van der Waals surface area contributed by atoms with Crippen LogP contribution in [0.15, 0.2) is 18.2 Å². The second kappa shape index (κ2) is 7.33. The van der Waals surface area contributed by atoms with Gasteiger partial charge in [0.15, 0.2) is 6.61 Å². The molecular formula is C15H19F3O3. The molecule has 0 aromatic heterocycles. The average molecular weight is 304 g/mol. The molecule has 0 saturated carbocycles. The van der Waals surface area contributed by atoms with Crippen LogP contribution in [0.25, 0.3) is 0 Å². The number of hydrogen-bond donors (Lipinski definition) is 0. The van der Waals surface area contributed by atoms with Crippen LogP contribution in [0, 0.1) is 0 Å². The molecule has 21 heavy (non-hydrogen) atoms. The summed E-state index contributed by atoms with van der Waals surface area (Å²) in [5.41, 5.74) is -0.150. The van der Waals surface area contributed by atoms with Crippen molar-refractivity contribution in [3.8, 4) is 5.75 Å². The van der Waals surface area contributed by atoms with Crippen LogP contribution in [0.3, 0.4) is 0 Å². The predicted molar refractivity (Wildman–Crippen MR) is 72.3 cm³/mol. The van der Waals surface area contributed by atoms with E-state index in [1.54, 1.807) is 6.92 Å². The van der Waals surface area contributed by atoms with Crippen LogP contribution in [0.1, 0.15) is 44.2 Å². The lowest BCUT2D eigenvalue weighted by Crippen LogP contribution is -2.16. The highest BCUT2D eigenvalue weighted by atomic mass is 19.4. The van der Waals surface area contributed by atoms with Gasteiger partial charge in [-0.05, 0) is 37.0 Å². The molecule has 3 nitrogen and oxygen atoms in total. The molecule has 1 rings (SSSR count). The number of alkyl halides is 3. The zero-order valence-electron chi connectivity index (χ0n) is 12.3. The molecule has 0 spiro atoms. The van der Waals surface area contributed by atoms with Crippen molar-refractivity contribution in [3.05, 3.63) is 29.3 Å². The van der Waals surface area contributed by atoms with Crippen LogP contribution in [0.5, 0.6) is 5.75 Å². The minimum Gasteiger partial charge on any atom is -0.482 e. The maximum Gasteiger partial charge on any atom is 0.416 e. The standard InChI is InChI=1S/C15H19F3O3/c1-4-10(3)12-7-6-11(15(16,17)18)8-13(12)21-9-14(19)20-5-2/h6-8,10H,4-5,9H2,1-3H3. The normalized spacial score (nSPS) is 12.9. The third kappa shape index (κ3) is 4.95. The van der Waals surface area contributed by atoms with Gasteiger partial charge < -0.3 is 9.47 Å². The van der Waals surface area contributed by atoms with Gasteiger partial charge in [-0.3, -0.25) is 0 Å². The number of esters is 1. The minimum atomic E-state index is -4.45. The van der Waals surface area contributed by atoms with Crippen LogP contribution in [0.2, 0.25) is 0 Å². The SMILES string of the molecule is CCOC(=O)COc1cc(C(F)(F)F)ccc1C(C)CC. The topological polar surface area (TPSA) is 35.5 Å². The zero-order valence-corrected chi connectivity index (χ0v) is 12.3. The lowest BCUT2D eigenvalue weighted by molar-refractivity contribution is -0.145. The summed E-state index contributed by atoms with van der Waals surface area (Å²) in [6, 6.07) is 3.36. The van der Waals surface area contributed by atoms with Gasteiger partial charge in [-0.2, -0.15) is 13.2 Å². The molecule has 0 aliphatic rings. The van der Waals surface area contributed by atoms with E-state index in [0.717, 1.165) is 18.6 Å². The van der Waals surface area contributed by atoms with E-state index >= 15 is 0 Å². The Kier molecular flexibility index (Phi) is 6.05. The summed E-state index contributed by atoms with van der Waals surface area (Å²) in [4.78, 5) is 11.3. The number of benzene rings is 1. The molecule has 1 aromatic carbocycles. The third-order valence-electron chi connectivity index (χ3n) is 3.14. The number of rotatable bonds is 6. The first-order valence-corrected chi connectivity index (χ1v) is 6.79. The summed E-state index contributed by atoms with van der Waals surface area (Å²) < 4.78 is 48.2. The van der Waals surface area contributed by atoms with E-state index in [2.05, 4.69) is 0 Å². The van der Waals surface area contributed by atoms with Crippen molar-refractivity contribution in [2.45, 2.75) is 39.3 Å². The van der Waals surface area contributed by atoms with E-state index in [0.29, 0.717) is 5.56 Å². The maximum atomic E-state index is 12.8. The lowest BCUT2D eigenvalue weighted by atomic mass is 9.96. The fraction of sp³-hybridized carbons (Fsp3) is 0.533. The van der Waals surface area contributed by atoms with E-state index in [-0.39, 0.29) is 18.3 Å². The van der Waals surface area contributed by atoms with Gasteiger partial charge in [0.05, 0.1) is 12.2 Å². The molecule has 0 aliphatic heterocycles. The van der Waals surface area contributed by atoms with E-state index < -0.39 is 24.3 Å². The lowest BCUT2D eigenvalue weighted by Gasteiger charge is -2.17. The number of carbonyl (C=O) groups is 1. The van der Waals surface area contributed by atoms with Crippen molar-refractivity contribution < 1.29 is 27.4 Å². The summed E-state index contributed by atoms with van der Waals surface area (Å²) in [6.07, 6.45) is -3.70. The van der Waals surface area contributed by atoms with Crippen molar-refractivity contribution >= 4 is 5.97 Å². The van der Waals surface area contributed by atoms with Gasteiger partial charge in [0.2, 0.25) is 0 Å². The molecule has 0 N–H and O–H groups in total. The van der Waals surface area contributed by atoms with Gasteiger partial charge in [-0.15, -0.1) is 0 Å². The van der Waals surface area contributed by atoms with E-state index in [1.165, 1.54) is 6.07 Å². The quantitative estimate of drug-likeness (QED) is 0.740. The van der Waals surface area contributed by atoms with Crippen LogP contribution >= 0.6 is 0 Å². The van der Waals surface area contributed by atoms with Crippen molar-refractivity contribution in [2.24, 2.45) is 0 Å².